The molecule has 0 atom stereocenters. The van der Waals surface area contributed by atoms with Gasteiger partial charge in [-0.25, -0.2) is 22.7 Å². The van der Waals surface area contributed by atoms with Gasteiger partial charge in [-0.15, -0.1) is 10.2 Å². The summed E-state index contributed by atoms with van der Waals surface area (Å²) in [6, 6.07) is 14.1. The van der Waals surface area contributed by atoms with Crippen molar-refractivity contribution in [2.45, 2.75) is 11.4 Å². The van der Waals surface area contributed by atoms with E-state index in [9.17, 15) is 8.42 Å². The molecule has 0 bridgehead atoms. The lowest BCUT2D eigenvalue weighted by molar-refractivity contribution is 0.521. The molecular weight excluding hydrogens is 442 g/mol. The Labute approximate surface area is 196 Å². The van der Waals surface area contributed by atoms with Crippen LogP contribution >= 0.6 is 0 Å². The molecule has 0 aliphatic rings. The molecule has 0 radical (unpaired) electrons. The summed E-state index contributed by atoms with van der Waals surface area (Å²) in [5.41, 5.74) is 9.34. The topological polar surface area (TPSA) is 140 Å². The van der Waals surface area contributed by atoms with Gasteiger partial charge in [0.05, 0.1) is 16.8 Å². The van der Waals surface area contributed by atoms with Gasteiger partial charge in [0, 0.05) is 36.0 Å². The molecule has 0 fully saturated rings. The van der Waals surface area contributed by atoms with Crippen LogP contribution in [0.5, 0.6) is 0 Å². The summed E-state index contributed by atoms with van der Waals surface area (Å²) >= 11 is 0. The van der Waals surface area contributed by atoms with Crippen LogP contribution in [0.25, 0.3) is 34.3 Å². The Kier molecular flexibility index (Phi) is 6.18. The number of sulfonamides is 1. The number of hydrogen-bond donors (Lipinski definition) is 2. The summed E-state index contributed by atoms with van der Waals surface area (Å²) in [7, 11) is 1.33. The third kappa shape index (κ3) is 4.60. The molecule has 11 heteroatoms. The minimum Gasteiger partial charge on any atom is -0.414 e. The van der Waals surface area contributed by atoms with Gasteiger partial charge in [0.15, 0.2) is 11.5 Å². The normalized spacial score (nSPS) is 11.8. The average Bonchev–Trinajstić information content (AvgIpc) is 3.30. The van der Waals surface area contributed by atoms with Crippen LogP contribution in [0.15, 0.2) is 64.0 Å². The lowest BCUT2D eigenvalue weighted by atomic mass is 10.1. The van der Waals surface area contributed by atoms with Gasteiger partial charge in [-0.05, 0) is 36.9 Å². The molecule has 0 saturated heterocycles. The summed E-state index contributed by atoms with van der Waals surface area (Å²) in [5.74, 6) is 0.624. The van der Waals surface area contributed by atoms with E-state index in [1.807, 2.05) is 31.3 Å². The van der Waals surface area contributed by atoms with Crippen molar-refractivity contribution in [1.82, 2.24) is 29.8 Å². The Morgan fingerprint density at radius 1 is 1.00 bits per heavy atom. The van der Waals surface area contributed by atoms with Crippen LogP contribution in [-0.4, -0.2) is 54.0 Å². The van der Waals surface area contributed by atoms with Crippen LogP contribution in [0.1, 0.15) is 9.84 Å². The molecule has 0 aliphatic carbocycles. The second-order valence-electron chi connectivity index (χ2n) is 7.44. The Balaban J connectivity index is 0.00000216. The molecule has 0 amide bonds. The number of nitrogens with one attached hydrogen (secondary N) is 1. The number of hydrogen-bond acceptors (Lipinski definition) is 9. The number of nitrogen functional groups attached to an aromatic ring is 1. The first-order valence-electron chi connectivity index (χ1n) is 10.0. The fourth-order valence-corrected chi connectivity index (χ4v) is 4.01. The molecule has 33 heavy (non-hydrogen) atoms. The van der Waals surface area contributed by atoms with Gasteiger partial charge in [0.2, 0.25) is 15.9 Å². The van der Waals surface area contributed by atoms with E-state index < -0.39 is 10.0 Å². The number of aromatic nitrogens is 4. The number of nitrogens with two attached hydrogens (primary N) is 1. The van der Waals surface area contributed by atoms with Gasteiger partial charge in [-0.3, -0.25) is 0 Å². The summed E-state index contributed by atoms with van der Waals surface area (Å²) in [6.07, 6.45) is 1.51. The monoisotopic (exact) mass is 471 g/mol. The van der Waals surface area contributed by atoms with E-state index in [2.05, 4.69) is 25.5 Å². The maximum atomic E-state index is 12.3. The van der Waals surface area contributed by atoms with Crippen molar-refractivity contribution in [3.05, 3.63) is 60.3 Å². The summed E-state index contributed by atoms with van der Waals surface area (Å²) in [5, 5.41) is 11.3. The van der Waals surface area contributed by atoms with E-state index in [1.165, 1.54) is 32.4 Å². The van der Waals surface area contributed by atoms with Crippen molar-refractivity contribution >= 4 is 15.8 Å². The molecule has 176 valence electrons. The van der Waals surface area contributed by atoms with Crippen molar-refractivity contribution in [1.29, 1.82) is 0 Å². The highest BCUT2D eigenvalue weighted by Crippen LogP contribution is 2.28. The van der Waals surface area contributed by atoms with Gasteiger partial charge in [-0.2, -0.15) is 0 Å². The van der Waals surface area contributed by atoms with Gasteiger partial charge in [0.25, 0.3) is 5.89 Å². The van der Waals surface area contributed by atoms with E-state index in [0.29, 0.717) is 17.1 Å². The van der Waals surface area contributed by atoms with Crippen molar-refractivity contribution in [2.75, 3.05) is 26.9 Å². The zero-order valence-electron chi connectivity index (χ0n) is 18.3. The lowest BCUT2D eigenvalue weighted by Gasteiger charge is -2.11. The predicted octanol–water partition coefficient (Wildman–Crippen LogP) is 3.15. The Morgan fingerprint density at radius 2 is 1.64 bits per heavy atom. The molecule has 4 rings (SSSR count). The molecule has 3 N–H and O–H groups in total. The molecule has 2 aromatic heterocycles. The van der Waals surface area contributed by atoms with Crippen molar-refractivity contribution in [2.24, 2.45) is 0 Å². The third-order valence-corrected chi connectivity index (χ3v) is 6.77. The van der Waals surface area contributed by atoms with E-state index in [4.69, 9.17) is 10.2 Å². The first kappa shape index (κ1) is 22.5. The quantitative estimate of drug-likeness (QED) is 0.416. The van der Waals surface area contributed by atoms with Gasteiger partial charge in [-0.1, -0.05) is 24.3 Å². The summed E-state index contributed by atoms with van der Waals surface area (Å²) in [6.45, 7) is 0.760. The molecule has 2 aromatic carbocycles. The average molecular weight is 472 g/mol. The zero-order valence-corrected chi connectivity index (χ0v) is 19.2. The molecule has 10 nitrogen and oxygen atoms in total. The highest BCUT2D eigenvalue weighted by atomic mass is 32.2. The number of rotatable bonds is 7. The standard InChI is InChI=1S/C22H23N7O3S.3H2/c1-24-12-14-4-6-16(7-5-14)21-27-28-22(32-21)19-20(23)25-13-18(26-19)15-8-10-17(11-9-15)33(30,31)29(2)3;;;/h4-11,13,24H,12H2,1-3H3,(H2,23,25);3*1H. The molecule has 0 spiro atoms. The Morgan fingerprint density at radius 3 is 2.27 bits per heavy atom. The smallest absolute Gasteiger partial charge is 0.270 e. The molecule has 0 unspecified atom stereocenters. The summed E-state index contributed by atoms with van der Waals surface area (Å²) in [4.78, 5) is 8.92. The van der Waals surface area contributed by atoms with Gasteiger partial charge in [0.1, 0.15) is 0 Å². The SMILES string of the molecule is CNCc1ccc(-c2nnc(-c3nc(-c4ccc(S(=O)(=O)N(C)C)cc4)cnc3N)o2)cc1.[HH].[HH].[HH]. The lowest BCUT2D eigenvalue weighted by Crippen LogP contribution is -2.22. The minimum atomic E-state index is -3.52. The first-order valence-corrected chi connectivity index (χ1v) is 11.5. The fourth-order valence-electron chi connectivity index (χ4n) is 3.11. The minimum absolute atomic E-state index is 0. The number of anilines is 1. The second kappa shape index (κ2) is 9.06. The van der Waals surface area contributed by atoms with Crippen LogP contribution in [0.2, 0.25) is 0 Å². The molecule has 4 aromatic rings. The predicted molar refractivity (Wildman–Crippen MR) is 131 cm³/mol. The Hall–Kier alpha value is -3.67. The van der Waals surface area contributed by atoms with Crippen molar-refractivity contribution in [3.63, 3.8) is 0 Å². The Bertz CT molecular complexity index is 1380. The number of benzene rings is 2. The highest BCUT2D eigenvalue weighted by molar-refractivity contribution is 7.89. The van der Waals surface area contributed by atoms with E-state index in [0.717, 1.165) is 22.0 Å². The van der Waals surface area contributed by atoms with Crippen molar-refractivity contribution in [3.8, 4) is 34.3 Å². The molecule has 0 aliphatic heterocycles. The second-order valence-corrected chi connectivity index (χ2v) is 9.59. The summed E-state index contributed by atoms with van der Waals surface area (Å²) < 4.78 is 31.5. The van der Waals surface area contributed by atoms with E-state index in [-0.39, 0.29) is 26.6 Å². The third-order valence-electron chi connectivity index (χ3n) is 4.94. The largest absolute Gasteiger partial charge is 0.414 e. The maximum absolute atomic E-state index is 12.3. The van der Waals surface area contributed by atoms with Crippen LogP contribution in [0.4, 0.5) is 5.82 Å². The van der Waals surface area contributed by atoms with Crippen molar-refractivity contribution < 1.29 is 17.1 Å². The van der Waals surface area contributed by atoms with Gasteiger partial charge >= 0.3 is 0 Å². The maximum Gasteiger partial charge on any atom is 0.270 e. The van der Waals surface area contributed by atoms with Crippen LogP contribution < -0.4 is 11.1 Å². The van der Waals surface area contributed by atoms with E-state index >= 15 is 0 Å². The van der Waals surface area contributed by atoms with Crippen LogP contribution in [0.3, 0.4) is 0 Å². The van der Waals surface area contributed by atoms with Crippen LogP contribution in [0, 0.1) is 0 Å². The fraction of sp³-hybridized carbons (Fsp3) is 0.182. The molecular formula is C22H29N7O3S. The van der Waals surface area contributed by atoms with Gasteiger partial charge < -0.3 is 15.5 Å². The zero-order chi connectivity index (χ0) is 23.6. The molecule has 0 saturated carbocycles. The molecule has 2 heterocycles. The van der Waals surface area contributed by atoms with E-state index in [1.54, 1.807) is 12.1 Å². The van der Waals surface area contributed by atoms with Crippen LogP contribution in [-0.2, 0) is 16.6 Å². The first-order chi connectivity index (χ1) is 15.8. The number of nitrogens with zero attached hydrogens (tertiary/aromatic N) is 5. The highest BCUT2D eigenvalue weighted by Gasteiger charge is 2.19.